The SMILES string of the molecule is CC(C)C[C@H](NC(=O)[C@H](C)NC(=O)[C@H](CC(C)C)NC(=O)[C@@H]1CCCN1C(=O)[C@H](CCCN=C(N)N)NC(=O)[C@@H](NC(=O)[C@H](C)N)C(C)C)C(=O)N[C@@H](CCCCNC(=O)CCCC[C@@H]1SC[C@H]2NC(=O)N[C@@H]12)C(N)=O. The highest BCUT2D eigenvalue weighted by molar-refractivity contribution is 8.00. The summed E-state index contributed by atoms with van der Waals surface area (Å²) in [5, 5.41) is 25.4. The highest BCUT2D eigenvalue weighted by atomic mass is 32.2. The zero-order chi connectivity index (χ0) is 56.8. The van der Waals surface area contributed by atoms with E-state index in [2.05, 4.69) is 52.8 Å². The minimum atomic E-state index is -1.18. The average molecular weight is 1090 g/mol. The number of hydrogen-bond acceptors (Lipinski definition) is 13. The Morgan fingerprint density at radius 1 is 0.697 bits per heavy atom. The summed E-state index contributed by atoms with van der Waals surface area (Å²) in [5.74, 6) is -5.01. The van der Waals surface area contributed by atoms with E-state index < -0.39 is 95.6 Å². The number of primary amides is 1. The van der Waals surface area contributed by atoms with Crippen LogP contribution in [0, 0.1) is 17.8 Å². The molecule has 11 atom stereocenters. The molecule has 0 spiro atoms. The number of nitrogens with zero attached hydrogens (tertiary/aromatic N) is 2. The summed E-state index contributed by atoms with van der Waals surface area (Å²) >= 11 is 1.84. The van der Waals surface area contributed by atoms with E-state index in [1.165, 1.54) is 18.7 Å². The first kappa shape index (κ1) is 64.4. The van der Waals surface area contributed by atoms with Crippen molar-refractivity contribution in [3.63, 3.8) is 0 Å². The minimum absolute atomic E-state index is 0.0772. The fraction of sp³-hybridized carbons (Fsp3) is 0.780. The molecule has 3 aliphatic heterocycles. The van der Waals surface area contributed by atoms with Gasteiger partial charge in [-0.25, -0.2) is 4.79 Å². The normalized spacial score (nSPS) is 20.6. The fourth-order valence-corrected chi connectivity index (χ4v) is 10.9. The number of likely N-dealkylation sites (tertiary alicyclic amines) is 1. The van der Waals surface area contributed by atoms with E-state index in [-0.39, 0.29) is 99.3 Å². The number of amides is 11. The number of thioether (sulfide) groups is 1. The molecule has 0 saturated carbocycles. The van der Waals surface area contributed by atoms with Crippen LogP contribution < -0.4 is 70.8 Å². The van der Waals surface area contributed by atoms with E-state index >= 15 is 0 Å². The molecule has 430 valence electrons. The van der Waals surface area contributed by atoms with Gasteiger partial charge in [-0.2, -0.15) is 11.8 Å². The molecule has 3 aliphatic rings. The van der Waals surface area contributed by atoms with Gasteiger partial charge in [-0.3, -0.25) is 48.1 Å². The van der Waals surface area contributed by atoms with E-state index in [0.29, 0.717) is 37.5 Å². The molecule has 3 rings (SSSR count). The lowest BCUT2D eigenvalue weighted by Gasteiger charge is -2.31. The Kier molecular flexibility index (Phi) is 27.1. The summed E-state index contributed by atoms with van der Waals surface area (Å²) in [4.78, 5) is 138. The number of urea groups is 1. The fourth-order valence-electron chi connectivity index (χ4n) is 9.32. The highest BCUT2D eigenvalue weighted by Gasteiger charge is 2.43. The largest absolute Gasteiger partial charge is 0.370 e. The van der Waals surface area contributed by atoms with Crippen molar-refractivity contribution >= 4 is 76.9 Å². The molecular formula is C50H89N15O10S. The van der Waals surface area contributed by atoms with Crippen molar-refractivity contribution in [1.82, 2.24) is 52.8 Å². The molecule has 0 bridgehead atoms. The Hall–Kier alpha value is -5.92. The first-order chi connectivity index (χ1) is 35.8. The lowest BCUT2D eigenvalue weighted by Crippen LogP contribution is -2.60. The van der Waals surface area contributed by atoms with E-state index in [1.54, 1.807) is 13.8 Å². The van der Waals surface area contributed by atoms with Crippen LogP contribution >= 0.6 is 11.8 Å². The Morgan fingerprint density at radius 2 is 1.32 bits per heavy atom. The zero-order valence-corrected chi connectivity index (χ0v) is 46.6. The van der Waals surface area contributed by atoms with Gasteiger partial charge in [0.25, 0.3) is 0 Å². The number of fused-ring (bicyclic) bond motifs is 1. The topological polar surface area (TPSA) is 399 Å². The molecule has 0 aromatic carbocycles. The van der Waals surface area contributed by atoms with Gasteiger partial charge in [-0.15, -0.1) is 0 Å². The molecule has 17 N–H and O–H groups in total. The Morgan fingerprint density at radius 3 is 1.93 bits per heavy atom. The second-order valence-corrected chi connectivity index (χ2v) is 22.8. The summed E-state index contributed by atoms with van der Waals surface area (Å²) in [6.45, 7) is 14.5. The van der Waals surface area contributed by atoms with Crippen molar-refractivity contribution in [2.75, 3.05) is 25.4 Å². The lowest BCUT2D eigenvalue weighted by atomic mass is 10.0. The average Bonchev–Trinajstić information content (AvgIpc) is 4.08. The molecular weight excluding hydrogens is 1000 g/mol. The van der Waals surface area contributed by atoms with Gasteiger partial charge < -0.3 is 75.7 Å². The molecule has 3 fully saturated rings. The lowest BCUT2D eigenvalue weighted by molar-refractivity contribution is -0.143. The van der Waals surface area contributed by atoms with E-state index in [0.717, 1.165) is 25.0 Å². The van der Waals surface area contributed by atoms with Crippen LogP contribution in [0.4, 0.5) is 4.79 Å². The molecule has 0 aromatic heterocycles. The summed E-state index contributed by atoms with van der Waals surface area (Å²) in [5.41, 5.74) is 22.4. The van der Waals surface area contributed by atoms with Crippen molar-refractivity contribution in [2.24, 2.45) is 45.7 Å². The molecule has 0 unspecified atom stereocenters. The Balaban J connectivity index is 1.57. The maximum absolute atomic E-state index is 14.3. The second-order valence-electron chi connectivity index (χ2n) is 21.5. The number of carbonyl (C=O) groups is 10. The van der Waals surface area contributed by atoms with Crippen LogP contribution in [0.1, 0.15) is 139 Å². The van der Waals surface area contributed by atoms with E-state index in [4.69, 9.17) is 22.9 Å². The molecule has 0 aromatic rings. The van der Waals surface area contributed by atoms with Crippen molar-refractivity contribution in [2.45, 2.75) is 205 Å². The van der Waals surface area contributed by atoms with Crippen molar-refractivity contribution in [3.05, 3.63) is 0 Å². The molecule has 26 heteroatoms. The van der Waals surface area contributed by atoms with Crippen molar-refractivity contribution in [3.8, 4) is 0 Å². The number of hydrogen-bond donors (Lipinski definition) is 13. The summed E-state index contributed by atoms with van der Waals surface area (Å²) in [7, 11) is 0. The van der Waals surface area contributed by atoms with Gasteiger partial charge in [-0.1, -0.05) is 48.0 Å². The van der Waals surface area contributed by atoms with Gasteiger partial charge in [0.1, 0.15) is 42.3 Å². The predicted octanol–water partition coefficient (Wildman–Crippen LogP) is -1.45. The first-order valence-electron chi connectivity index (χ1n) is 27.0. The third-order valence-electron chi connectivity index (χ3n) is 13.5. The van der Waals surface area contributed by atoms with Gasteiger partial charge in [-0.05, 0) is 102 Å². The number of aliphatic imine (C=N–C) groups is 1. The van der Waals surface area contributed by atoms with Gasteiger partial charge in [0.2, 0.25) is 53.2 Å². The molecule has 3 saturated heterocycles. The standard InChI is InChI=1S/C50H89N15O10S/c1-26(2)23-33(61-46(72)36-17-14-22-65(36)48(74)32(16-13-21-56-49(53)54)59-47(73)39(28(5)6)63-42(68)29(7)51)44(70)57-30(8)43(69)60-34(24-27(3)4)45(71)58-31(41(52)67)15-11-12-20-55-38(66)19-10-9-18-37-40-35(25-76-37)62-50(75)64-40/h26-37,39-40H,9-25,51H2,1-8H3,(H2,52,67)(H,55,66)(H,57,70)(H,58,71)(H,59,73)(H,60,69)(H,61,72)(H,63,68)(H4,53,54,56)(H2,62,64,75)/t29-,30-,31-,32-,33-,34-,35+,36-,37-,39-,40+/m0/s1. The third kappa shape index (κ3) is 21.6. The molecule has 25 nitrogen and oxygen atoms in total. The second kappa shape index (κ2) is 32.0. The quantitative estimate of drug-likeness (QED) is 0.0155. The van der Waals surface area contributed by atoms with Gasteiger partial charge in [0, 0.05) is 37.1 Å². The van der Waals surface area contributed by atoms with Crippen LogP contribution in [0.15, 0.2) is 4.99 Å². The Labute approximate surface area is 451 Å². The maximum atomic E-state index is 14.3. The smallest absolute Gasteiger partial charge is 0.315 e. The van der Waals surface area contributed by atoms with Crippen LogP contribution in [0.5, 0.6) is 0 Å². The molecule has 3 heterocycles. The van der Waals surface area contributed by atoms with Crippen LogP contribution in [0.2, 0.25) is 0 Å². The number of carbonyl (C=O) groups excluding carboxylic acids is 10. The molecule has 11 amide bonds. The van der Waals surface area contributed by atoms with Crippen molar-refractivity contribution in [1.29, 1.82) is 0 Å². The van der Waals surface area contributed by atoms with Crippen LogP contribution in [-0.4, -0.2) is 161 Å². The number of nitrogens with two attached hydrogens (primary N) is 4. The minimum Gasteiger partial charge on any atom is -0.370 e. The predicted molar refractivity (Wildman–Crippen MR) is 289 cm³/mol. The first-order valence-corrected chi connectivity index (χ1v) is 28.0. The van der Waals surface area contributed by atoms with Crippen LogP contribution in [0.25, 0.3) is 0 Å². The van der Waals surface area contributed by atoms with Gasteiger partial charge >= 0.3 is 6.03 Å². The van der Waals surface area contributed by atoms with E-state index in [1.807, 2.05) is 39.5 Å². The number of unbranched alkanes of at least 4 members (excludes halogenated alkanes) is 2. The molecule has 0 radical (unpaired) electrons. The van der Waals surface area contributed by atoms with Crippen LogP contribution in [-0.2, 0) is 43.2 Å². The number of nitrogens with one attached hydrogen (secondary N) is 9. The number of guanidine groups is 1. The maximum Gasteiger partial charge on any atom is 0.315 e. The van der Waals surface area contributed by atoms with Crippen LogP contribution in [0.3, 0.4) is 0 Å². The van der Waals surface area contributed by atoms with E-state index in [9.17, 15) is 47.9 Å². The molecule has 76 heavy (non-hydrogen) atoms. The van der Waals surface area contributed by atoms with Gasteiger partial charge in [0.05, 0.1) is 18.1 Å². The summed E-state index contributed by atoms with van der Waals surface area (Å²) in [6, 6.07) is -8.36. The Bertz CT molecular complexity index is 2040. The molecule has 0 aliphatic carbocycles. The van der Waals surface area contributed by atoms with Crippen molar-refractivity contribution < 1.29 is 47.9 Å². The highest BCUT2D eigenvalue weighted by Crippen LogP contribution is 2.33. The monoisotopic (exact) mass is 1090 g/mol. The summed E-state index contributed by atoms with van der Waals surface area (Å²) in [6.07, 6.45) is 5.49. The zero-order valence-electron chi connectivity index (χ0n) is 45.8. The number of rotatable bonds is 33. The summed E-state index contributed by atoms with van der Waals surface area (Å²) < 4.78 is 0. The van der Waals surface area contributed by atoms with Gasteiger partial charge in [0.15, 0.2) is 5.96 Å². The third-order valence-corrected chi connectivity index (χ3v) is 15.0.